The van der Waals surface area contributed by atoms with E-state index in [0.717, 1.165) is 19.3 Å². The Morgan fingerprint density at radius 2 is 1.50 bits per heavy atom. The quantitative estimate of drug-likeness (QED) is 0.760. The molecule has 0 saturated carbocycles. The normalized spacial score (nSPS) is 16.7. The maximum Gasteiger partial charge on any atom is 0.0639 e. The van der Waals surface area contributed by atoms with Crippen molar-refractivity contribution in [3.8, 4) is 0 Å². The molecule has 0 aromatic heterocycles. The monoisotopic (exact) mass is 232 g/mol. The molecule has 0 aromatic carbocycles. The molecule has 0 aromatic rings. The van der Waals surface area contributed by atoms with Crippen LogP contribution in [-0.2, 0) is 0 Å². The Morgan fingerprint density at radius 1 is 1.06 bits per heavy atom. The second-order valence-corrected chi connectivity index (χ2v) is 5.56. The number of aliphatic hydroxyl groups excluding tert-OH is 1. The minimum Gasteiger partial charge on any atom is -0.393 e. The van der Waals surface area contributed by atoms with Crippen LogP contribution in [0.25, 0.3) is 0 Å². The maximum atomic E-state index is 9.40. The van der Waals surface area contributed by atoms with Gasteiger partial charge in [0.05, 0.1) is 11.7 Å². The molecular weight excluding hydrogens is 200 g/mol. The van der Waals surface area contributed by atoms with Crippen molar-refractivity contribution in [2.24, 2.45) is 11.8 Å². The first-order chi connectivity index (χ1) is 7.17. The molecule has 2 atom stereocenters. The average Bonchev–Trinajstić information content (AvgIpc) is 2.17. The van der Waals surface area contributed by atoms with Crippen LogP contribution in [0.4, 0.5) is 0 Å². The summed E-state index contributed by atoms with van der Waals surface area (Å²) >= 11 is 0. The van der Waals surface area contributed by atoms with Crippen molar-refractivity contribution in [2.45, 2.75) is 79.4 Å². The zero-order valence-electron chi connectivity index (χ0n) is 12.2. The van der Waals surface area contributed by atoms with Gasteiger partial charge < -0.3 is 10.2 Å². The van der Waals surface area contributed by atoms with Crippen molar-refractivity contribution in [3.05, 3.63) is 0 Å². The maximum absolute atomic E-state index is 9.40. The van der Waals surface area contributed by atoms with E-state index in [-0.39, 0.29) is 6.10 Å². The zero-order chi connectivity index (χ0) is 13.4. The van der Waals surface area contributed by atoms with E-state index in [1.54, 1.807) is 0 Å². The number of aliphatic hydroxyl groups is 2. The van der Waals surface area contributed by atoms with E-state index in [0.29, 0.717) is 11.8 Å². The van der Waals surface area contributed by atoms with Gasteiger partial charge in [0, 0.05) is 0 Å². The Bertz CT molecular complexity index is 151. The summed E-state index contributed by atoms with van der Waals surface area (Å²) in [6.45, 7) is 14.2. The first kappa shape index (κ1) is 18.3. The van der Waals surface area contributed by atoms with E-state index < -0.39 is 5.60 Å². The lowest BCUT2D eigenvalue weighted by Crippen LogP contribution is -2.29. The zero-order valence-corrected chi connectivity index (χ0v) is 12.2. The Hall–Kier alpha value is -0.0800. The molecule has 2 nitrogen and oxygen atoms in total. The van der Waals surface area contributed by atoms with E-state index >= 15 is 0 Å². The molecule has 0 spiro atoms. The topological polar surface area (TPSA) is 40.5 Å². The van der Waals surface area contributed by atoms with Crippen LogP contribution in [-0.4, -0.2) is 21.9 Å². The van der Waals surface area contributed by atoms with Gasteiger partial charge in [0.15, 0.2) is 0 Å². The van der Waals surface area contributed by atoms with Gasteiger partial charge in [-0.25, -0.2) is 0 Å². The molecule has 0 bridgehead atoms. The van der Waals surface area contributed by atoms with Gasteiger partial charge in [-0.2, -0.15) is 0 Å². The van der Waals surface area contributed by atoms with Crippen LogP contribution in [0.3, 0.4) is 0 Å². The molecule has 0 fully saturated rings. The van der Waals surface area contributed by atoms with Crippen molar-refractivity contribution in [1.29, 1.82) is 0 Å². The first-order valence-corrected chi connectivity index (χ1v) is 6.57. The summed E-state index contributed by atoms with van der Waals surface area (Å²) in [4.78, 5) is 0. The highest BCUT2D eigenvalue weighted by Crippen LogP contribution is 2.18. The van der Waals surface area contributed by atoms with Gasteiger partial charge in [0.25, 0.3) is 0 Å². The molecule has 0 aliphatic rings. The largest absolute Gasteiger partial charge is 0.393 e. The number of hydrogen-bond acceptors (Lipinski definition) is 2. The van der Waals surface area contributed by atoms with E-state index in [9.17, 15) is 5.11 Å². The Labute approximate surface area is 102 Å². The van der Waals surface area contributed by atoms with Crippen molar-refractivity contribution in [2.75, 3.05) is 0 Å². The predicted molar refractivity (Wildman–Crippen MR) is 71.5 cm³/mol. The van der Waals surface area contributed by atoms with Crippen LogP contribution in [0.5, 0.6) is 0 Å². The molecule has 0 heterocycles. The molecule has 0 aliphatic heterocycles. The molecule has 2 heteroatoms. The summed E-state index contributed by atoms with van der Waals surface area (Å²) in [6.07, 6.45) is 2.59. The first-order valence-electron chi connectivity index (χ1n) is 6.57. The van der Waals surface area contributed by atoms with Crippen molar-refractivity contribution >= 4 is 0 Å². The van der Waals surface area contributed by atoms with E-state index in [1.807, 2.05) is 34.6 Å². The van der Waals surface area contributed by atoms with Gasteiger partial charge in [-0.15, -0.1) is 0 Å². The van der Waals surface area contributed by atoms with Crippen molar-refractivity contribution in [3.63, 3.8) is 0 Å². The molecule has 0 rings (SSSR count). The van der Waals surface area contributed by atoms with Gasteiger partial charge in [0.2, 0.25) is 0 Å². The standard InChI is InChI=1S/2C7H16O/c1-5-7(4,8)6(2)3;1-4-7(8)5-6(2)3/h6,8H,5H2,1-4H3;6-8H,4-5H2,1-3H3. The van der Waals surface area contributed by atoms with Crippen molar-refractivity contribution < 1.29 is 10.2 Å². The minimum atomic E-state index is -0.458. The molecule has 100 valence electrons. The summed E-state index contributed by atoms with van der Waals surface area (Å²) in [5.41, 5.74) is -0.458. The van der Waals surface area contributed by atoms with Gasteiger partial charge in [-0.3, -0.25) is 0 Å². The SMILES string of the molecule is CCC(C)(O)C(C)C.CCC(O)CC(C)C. The molecule has 0 saturated heterocycles. The fraction of sp³-hybridized carbons (Fsp3) is 1.00. The summed E-state index contributed by atoms with van der Waals surface area (Å²) in [5.74, 6) is 0.998. The lowest BCUT2D eigenvalue weighted by molar-refractivity contribution is 0.00997. The highest BCUT2D eigenvalue weighted by Gasteiger charge is 2.21. The molecule has 2 N–H and O–H groups in total. The summed E-state index contributed by atoms with van der Waals surface area (Å²) < 4.78 is 0. The Morgan fingerprint density at radius 3 is 1.56 bits per heavy atom. The van der Waals surface area contributed by atoms with Crippen LogP contribution < -0.4 is 0 Å². The predicted octanol–water partition coefficient (Wildman–Crippen LogP) is 3.61. The van der Waals surface area contributed by atoms with E-state index in [4.69, 9.17) is 5.11 Å². The lowest BCUT2D eigenvalue weighted by atomic mass is 9.90. The molecule has 0 amide bonds. The molecular formula is C14H32O2. The second kappa shape index (κ2) is 9.00. The fourth-order valence-electron chi connectivity index (χ4n) is 1.12. The van der Waals surface area contributed by atoms with Crippen LogP contribution in [0.2, 0.25) is 0 Å². The Balaban J connectivity index is 0. The lowest BCUT2D eigenvalue weighted by Gasteiger charge is -2.25. The highest BCUT2D eigenvalue weighted by atomic mass is 16.3. The minimum absolute atomic E-state index is 0.0741. The van der Waals surface area contributed by atoms with Gasteiger partial charge >= 0.3 is 0 Å². The molecule has 0 aliphatic carbocycles. The van der Waals surface area contributed by atoms with Gasteiger partial charge in [0.1, 0.15) is 0 Å². The third-order valence-electron chi connectivity index (χ3n) is 3.17. The summed E-state index contributed by atoms with van der Waals surface area (Å²) in [7, 11) is 0. The molecule has 0 radical (unpaired) electrons. The Kier molecular flexibility index (Phi) is 10.3. The third-order valence-corrected chi connectivity index (χ3v) is 3.17. The van der Waals surface area contributed by atoms with Gasteiger partial charge in [-0.05, 0) is 38.0 Å². The smallest absolute Gasteiger partial charge is 0.0639 e. The van der Waals surface area contributed by atoms with Crippen molar-refractivity contribution in [1.82, 2.24) is 0 Å². The second-order valence-electron chi connectivity index (χ2n) is 5.56. The average molecular weight is 232 g/mol. The van der Waals surface area contributed by atoms with Crippen LogP contribution in [0.1, 0.15) is 67.7 Å². The third kappa shape index (κ3) is 10.4. The summed E-state index contributed by atoms with van der Waals surface area (Å²) in [5, 5.41) is 18.4. The van der Waals surface area contributed by atoms with Crippen LogP contribution in [0, 0.1) is 11.8 Å². The number of hydrogen-bond donors (Lipinski definition) is 2. The number of rotatable bonds is 5. The summed E-state index contributed by atoms with van der Waals surface area (Å²) in [6, 6.07) is 0. The fourth-order valence-corrected chi connectivity index (χ4v) is 1.12. The van der Waals surface area contributed by atoms with Gasteiger partial charge in [-0.1, -0.05) is 41.5 Å². The van der Waals surface area contributed by atoms with E-state index in [1.165, 1.54) is 0 Å². The van der Waals surface area contributed by atoms with Crippen LogP contribution in [0.15, 0.2) is 0 Å². The van der Waals surface area contributed by atoms with Crippen LogP contribution >= 0.6 is 0 Å². The van der Waals surface area contributed by atoms with E-state index in [2.05, 4.69) is 13.8 Å². The molecule has 16 heavy (non-hydrogen) atoms. The highest BCUT2D eigenvalue weighted by molar-refractivity contribution is 4.73. The molecule has 2 unspecified atom stereocenters.